The Bertz CT molecular complexity index is 915. The van der Waals surface area contributed by atoms with Crippen LogP contribution in [0.15, 0.2) is 48.5 Å². The van der Waals surface area contributed by atoms with Gasteiger partial charge in [-0.05, 0) is 35.4 Å². The minimum absolute atomic E-state index is 0.0152. The summed E-state index contributed by atoms with van der Waals surface area (Å²) in [5.74, 6) is -0.560. The molecule has 0 bridgehead atoms. The minimum Gasteiger partial charge on any atom is -0.462 e. The number of hydrogen-bond acceptors (Lipinski definition) is 9. The van der Waals surface area contributed by atoms with E-state index in [0.717, 1.165) is 11.1 Å². The Morgan fingerprint density at radius 3 is 1.20 bits per heavy atom. The maximum absolute atomic E-state index is 11.3. The largest absolute Gasteiger partial charge is 0.462 e. The summed E-state index contributed by atoms with van der Waals surface area (Å²) in [6.45, 7) is 5.17. The summed E-state index contributed by atoms with van der Waals surface area (Å²) < 4.78 is 26.2. The lowest BCUT2D eigenvalue weighted by Crippen LogP contribution is -2.26. The fourth-order valence-corrected chi connectivity index (χ4v) is 3.21. The minimum atomic E-state index is -0.577. The number of hydrogen-bond donors (Lipinski definition) is 0. The van der Waals surface area contributed by atoms with E-state index in [-0.39, 0.29) is 13.2 Å². The summed E-state index contributed by atoms with van der Waals surface area (Å²) in [5.41, 5.74) is 1.77. The zero-order valence-electron chi connectivity index (χ0n) is 20.3. The maximum atomic E-state index is 11.3. The molecule has 9 nitrogen and oxygen atoms in total. The van der Waals surface area contributed by atoms with Crippen LogP contribution in [0.1, 0.15) is 38.8 Å². The number of benzene rings is 2. The number of ether oxygens (including phenoxy) is 5. The maximum Gasteiger partial charge on any atom is 0.303 e. The van der Waals surface area contributed by atoms with Crippen LogP contribution < -0.4 is 4.74 Å². The van der Waals surface area contributed by atoms with Crippen molar-refractivity contribution in [2.45, 2.75) is 52.7 Å². The van der Waals surface area contributed by atoms with Crippen molar-refractivity contribution in [1.29, 1.82) is 0 Å². The van der Waals surface area contributed by atoms with Gasteiger partial charge < -0.3 is 23.7 Å². The molecule has 0 fully saturated rings. The van der Waals surface area contributed by atoms with Gasteiger partial charge in [0.15, 0.2) is 0 Å². The first-order chi connectivity index (χ1) is 16.6. The van der Waals surface area contributed by atoms with Crippen LogP contribution in [0, 0.1) is 0 Å². The second-order valence-corrected chi connectivity index (χ2v) is 7.87. The molecule has 2 atom stereocenters. The fraction of sp³-hybridized carbons (Fsp3) is 0.385. The van der Waals surface area contributed by atoms with Crippen LogP contribution >= 0.6 is 0 Å². The van der Waals surface area contributed by atoms with Gasteiger partial charge in [-0.1, -0.05) is 24.3 Å². The van der Waals surface area contributed by atoms with Crippen LogP contribution in [-0.4, -0.2) is 49.3 Å². The lowest BCUT2D eigenvalue weighted by Gasteiger charge is -2.17. The summed E-state index contributed by atoms with van der Waals surface area (Å²) >= 11 is 0. The summed E-state index contributed by atoms with van der Waals surface area (Å²) in [5, 5.41) is 0. The van der Waals surface area contributed by atoms with Gasteiger partial charge in [0.05, 0.1) is 0 Å². The quantitative estimate of drug-likeness (QED) is 0.328. The Morgan fingerprint density at radius 1 is 0.571 bits per heavy atom. The van der Waals surface area contributed by atoms with Gasteiger partial charge in [0.2, 0.25) is 0 Å². The molecular formula is C26H30O9. The van der Waals surface area contributed by atoms with Crippen LogP contribution in [0.2, 0.25) is 0 Å². The molecule has 0 N–H and O–H groups in total. The van der Waals surface area contributed by atoms with E-state index < -0.39 is 36.1 Å². The molecule has 9 heteroatoms. The Labute approximate surface area is 204 Å². The molecule has 188 valence electrons. The van der Waals surface area contributed by atoms with Crippen LogP contribution in [0.5, 0.6) is 11.5 Å². The number of rotatable bonds is 12. The van der Waals surface area contributed by atoms with Gasteiger partial charge in [-0.15, -0.1) is 0 Å². The van der Waals surface area contributed by atoms with E-state index in [1.54, 1.807) is 24.3 Å². The van der Waals surface area contributed by atoms with E-state index in [4.69, 9.17) is 23.7 Å². The highest BCUT2D eigenvalue weighted by Crippen LogP contribution is 2.23. The zero-order chi connectivity index (χ0) is 25.8. The molecule has 0 aliphatic rings. The highest BCUT2D eigenvalue weighted by Gasteiger charge is 2.16. The predicted octanol–water partition coefficient (Wildman–Crippen LogP) is 3.55. The summed E-state index contributed by atoms with van der Waals surface area (Å²) in [7, 11) is 0. The molecule has 0 saturated heterocycles. The molecule has 2 aromatic carbocycles. The van der Waals surface area contributed by atoms with Crippen molar-refractivity contribution in [2.75, 3.05) is 13.2 Å². The molecule has 2 aromatic rings. The first-order valence-corrected chi connectivity index (χ1v) is 11.1. The molecular weight excluding hydrogens is 456 g/mol. The monoisotopic (exact) mass is 486 g/mol. The third-order valence-electron chi connectivity index (χ3n) is 4.62. The van der Waals surface area contributed by atoms with Crippen molar-refractivity contribution in [3.8, 4) is 11.5 Å². The Kier molecular flexibility index (Phi) is 10.7. The molecule has 0 heterocycles. The Hall–Kier alpha value is -3.88. The van der Waals surface area contributed by atoms with Gasteiger partial charge >= 0.3 is 23.9 Å². The first-order valence-electron chi connectivity index (χ1n) is 11.1. The summed E-state index contributed by atoms with van der Waals surface area (Å²) in [6.07, 6.45) is -0.378. The highest BCUT2D eigenvalue weighted by molar-refractivity contribution is 5.67. The molecule has 35 heavy (non-hydrogen) atoms. The van der Waals surface area contributed by atoms with Gasteiger partial charge in [-0.25, -0.2) is 0 Å². The van der Waals surface area contributed by atoms with Crippen LogP contribution in [-0.2, 0) is 51.0 Å². The number of carbonyl (C=O) groups excluding carboxylic acids is 4. The van der Waals surface area contributed by atoms with Crippen molar-refractivity contribution in [2.24, 2.45) is 0 Å². The van der Waals surface area contributed by atoms with E-state index in [1.165, 1.54) is 27.7 Å². The highest BCUT2D eigenvalue weighted by atomic mass is 16.6. The molecule has 0 saturated carbocycles. The molecule has 0 radical (unpaired) electrons. The second-order valence-electron chi connectivity index (χ2n) is 7.87. The predicted molar refractivity (Wildman–Crippen MR) is 125 cm³/mol. The van der Waals surface area contributed by atoms with Gasteiger partial charge in [0, 0.05) is 40.5 Å². The van der Waals surface area contributed by atoms with Crippen LogP contribution in [0.25, 0.3) is 0 Å². The molecule has 2 rings (SSSR count). The third-order valence-corrected chi connectivity index (χ3v) is 4.62. The topological polar surface area (TPSA) is 114 Å². The van der Waals surface area contributed by atoms with Gasteiger partial charge in [-0.3, -0.25) is 19.2 Å². The summed E-state index contributed by atoms with van der Waals surface area (Å²) in [6, 6.07) is 14.5. The van der Waals surface area contributed by atoms with E-state index in [1.807, 2.05) is 24.3 Å². The zero-order valence-corrected chi connectivity index (χ0v) is 20.3. The number of carbonyl (C=O) groups is 4. The molecule has 0 spiro atoms. The Morgan fingerprint density at radius 2 is 0.914 bits per heavy atom. The van der Waals surface area contributed by atoms with Crippen molar-refractivity contribution >= 4 is 23.9 Å². The van der Waals surface area contributed by atoms with Gasteiger partial charge in [0.25, 0.3) is 0 Å². The van der Waals surface area contributed by atoms with Crippen LogP contribution in [0.3, 0.4) is 0 Å². The molecule has 2 unspecified atom stereocenters. The SMILES string of the molecule is CC(=O)OCC(Cc1ccc(Oc2ccc(CC(COC(C)=O)OC(C)=O)cc2)cc1)OC(C)=O. The van der Waals surface area contributed by atoms with Crippen molar-refractivity contribution in [1.82, 2.24) is 0 Å². The average molecular weight is 487 g/mol. The smallest absolute Gasteiger partial charge is 0.303 e. The number of esters is 4. The van der Waals surface area contributed by atoms with Crippen LogP contribution in [0.4, 0.5) is 0 Å². The second kappa shape index (κ2) is 13.7. The Balaban J connectivity index is 1.95. The molecule has 0 amide bonds. The molecule has 0 aliphatic carbocycles. The average Bonchev–Trinajstić information content (AvgIpc) is 2.77. The van der Waals surface area contributed by atoms with E-state index >= 15 is 0 Å². The molecule has 0 aromatic heterocycles. The molecule has 0 aliphatic heterocycles. The standard InChI is InChI=1S/C26H30O9/c1-17(27)31-15-25(33-19(3)29)13-21-5-9-23(10-6-21)35-24-11-7-22(8-12-24)14-26(34-20(4)30)16-32-18(2)28/h5-12,25-26H,13-16H2,1-4H3. The third kappa shape index (κ3) is 11.2. The van der Waals surface area contributed by atoms with Gasteiger partial charge in [0.1, 0.15) is 36.9 Å². The fourth-order valence-electron chi connectivity index (χ4n) is 3.21. The lowest BCUT2D eigenvalue weighted by atomic mass is 10.1. The van der Waals surface area contributed by atoms with Crippen molar-refractivity contribution in [3.05, 3.63) is 59.7 Å². The van der Waals surface area contributed by atoms with Gasteiger partial charge in [-0.2, -0.15) is 0 Å². The first kappa shape index (κ1) is 27.4. The van der Waals surface area contributed by atoms with E-state index in [2.05, 4.69) is 0 Å². The normalized spacial score (nSPS) is 12.1. The van der Waals surface area contributed by atoms with Crippen molar-refractivity contribution < 1.29 is 42.9 Å². The van der Waals surface area contributed by atoms with Crippen molar-refractivity contribution in [3.63, 3.8) is 0 Å². The van der Waals surface area contributed by atoms with E-state index in [9.17, 15) is 19.2 Å². The van der Waals surface area contributed by atoms with E-state index in [0.29, 0.717) is 24.3 Å². The lowest BCUT2D eigenvalue weighted by molar-refractivity contribution is -0.156. The summed E-state index contributed by atoms with van der Waals surface area (Å²) in [4.78, 5) is 44.7.